The van der Waals surface area contributed by atoms with Crippen LogP contribution in [-0.2, 0) is 0 Å². The standard InChI is InChI=1S/C12H16BrNO.ClH/c1-8-6-11(9(2)5-10(8)13)15-7-12(14)3-4-12;/h5-6H,3-4,7,14H2,1-2H3;1H. The minimum atomic E-state index is -0.0482. The van der Waals surface area contributed by atoms with Crippen molar-refractivity contribution < 1.29 is 4.74 Å². The predicted octanol–water partition coefficient (Wildman–Crippen LogP) is 3.36. The lowest BCUT2D eigenvalue weighted by atomic mass is 10.1. The Morgan fingerprint density at radius 2 is 1.94 bits per heavy atom. The van der Waals surface area contributed by atoms with Crippen LogP contribution in [0.15, 0.2) is 16.6 Å². The minimum Gasteiger partial charge on any atom is -0.491 e. The van der Waals surface area contributed by atoms with Crippen LogP contribution >= 0.6 is 28.3 Å². The molecule has 0 saturated heterocycles. The van der Waals surface area contributed by atoms with Gasteiger partial charge in [0.05, 0.1) is 5.54 Å². The molecule has 2 nitrogen and oxygen atoms in total. The predicted molar refractivity (Wildman–Crippen MR) is 72.5 cm³/mol. The van der Waals surface area contributed by atoms with Crippen molar-refractivity contribution in [3.05, 3.63) is 27.7 Å². The van der Waals surface area contributed by atoms with E-state index in [1.54, 1.807) is 0 Å². The summed E-state index contributed by atoms with van der Waals surface area (Å²) in [4.78, 5) is 0. The third kappa shape index (κ3) is 3.12. The normalized spacial score (nSPS) is 16.5. The van der Waals surface area contributed by atoms with Crippen molar-refractivity contribution in [1.29, 1.82) is 0 Å². The third-order valence-corrected chi connectivity index (χ3v) is 3.72. The summed E-state index contributed by atoms with van der Waals surface area (Å²) in [6.45, 7) is 4.75. The molecule has 0 heterocycles. The van der Waals surface area contributed by atoms with Crippen LogP contribution < -0.4 is 10.5 Å². The van der Waals surface area contributed by atoms with Gasteiger partial charge in [-0.05, 0) is 49.9 Å². The summed E-state index contributed by atoms with van der Waals surface area (Å²) in [7, 11) is 0. The van der Waals surface area contributed by atoms with Crippen LogP contribution in [0, 0.1) is 13.8 Å². The molecule has 0 aliphatic heterocycles. The maximum Gasteiger partial charge on any atom is 0.122 e. The Balaban J connectivity index is 0.00000128. The van der Waals surface area contributed by atoms with Crippen LogP contribution in [0.5, 0.6) is 5.75 Å². The quantitative estimate of drug-likeness (QED) is 0.929. The first-order chi connectivity index (χ1) is 7.00. The smallest absolute Gasteiger partial charge is 0.122 e. The Labute approximate surface area is 111 Å². The average molecular weight is 307 g/mol. The molecule has 1 aromatic carbocycles. The fourth-order valence-electron chi connectivity index (χ4n) is 1.44. The van der Waals surface area contributed by atoms with E-state index in [1.807, 2.05) is 0 Å². The maximum atomic E-state index is 5.98. The Bertz CT molecular complexity index is 391. The lowest BCUT2D eigenvalue weighted by Gasteiger charge is -2.14. The first-order valence-electron chi connectivity index (χ1n) is 5.19. The van der Waals surface area contributed by atoms with Gasteiger partial charge in [0.1, 0.15) is 12.4 Å². The SMILES string of the molecule is Cc1cc(OCC2(N)CC2)c(C)cc1Br.Cl. The van der Waals surface area contributed by atoms with E-state index in [1.165, 1.54) is 5.56 Å². The molecule has 0 unspecified atom stereocenters. The zero-order valence-electron chi connectivity index (χ0n) is 9.55. The number of aryl methyl sites for hydroxylation is 2. The summed E-state index contributed by atoms with van der Waals surface area (Å²) < 4.78 is 6.88. The van der Waals surface area contributed by atoms with Crippen LogP contribution in [0.2, 0.25) is 0 Å². The van der Waals surface area contributed by atoms with Crippen LogP contribution in [-0.4, -0.2) is 12.1 Å². The van der Waals surface area contributed by atoms with Crippen LogP contribution in [0.1, 0.15) is 24.0 Å². The summed E-state index contributed by atoms with van der Waals surface area (Å²) in [6, 6.07) is 4.14. The van der Waals surface area contributed by atoms with Gasteiger partial charge in [0.2, 0.25) is 0 Å². The summed E-state index contributed by atoms with van der Waals surface area (Å²) in [5, 5.41) is 0. The first kappa shape index (κ1) is 13.8. The Kier molecular flexibility index (Phi) is 4.27. The van der Waals surface area contributed by atoms with Crippen LogP contribution in [0.25, 0.3) is 0 Å². The number of rotatable bonds is 3. The number of hydrogen-bond donors (Lipinski definition) is 1. The van der Waals surface area contributed by atoms with Gasteiger partial charge in [-0.1, -0.05) is 15.9 Å². The summed E-state index contributed by atoms with van der Waals surface area (Å²) in [6.07, 6.45) is 2.17. The van der Waals surface area contributed by atoms with Gasteiger partial charge in [-0.3, -0.25) is 0 Å². The third-order valence-electron chi connectivity index (χ3n) is 2.86. The first-order valence-corrected chi connectivity index (χ1v) is 5.98. The van der Waals surface area contributed by atoms with Gasteiger partial charge in [0.15, 0.2) is 0 Å². The highest BCUT2D eigenvalue weighted by Gasteiger charge is 2.39. The van der Waals surface area contributed by atoms with Crippen molar-refractivity contribution >= 4 is 28.3 Å². The maximum absolute atomic E-state index is 5.98. The van der Waals surface area contributed by atoms with E-state index in [0.717, 1.165) is 28.6 Å². The van der Waals surface area contributed by atoms with Crippen LogP contribution in [0.4, 0.5) is 0 Å². The van der Waals surface area contributed by atoms with E-state index in [9.17, 15) is 0 Å². The molecular formula is C12H17BrClNO. The van der Waals surface area contributed by atoms with Crippen LogP contribution in [0.3, 0.4) is 0 Å². The molecule has 2 N–H and O–H groups in total. The molecule has 0 radical (unpaired) electrons. The highest BCUT2D eigenvalue weighted by Crippen LogP contribution is 2.34. The number of benzene rings is 1. The summed E-state index contributed by atoms with van der Waals surface area (Å²) >= 11 is 3.50. The molecule has 0 spiro atoms. The Hall–Kier alpha value is -0.250. The molecule has 0 bridgehead atoms. The zero-order chi connectivity index (χ0) is 11.1. The lowest BCUT2D eigenvalue weighted by molar-refractivity contribution is 0.277. The Morgan fingerprint density at radius 3 is 2.50 bits per heavy atom. The molecule has 1 saturated carbocycles. The van der Waals surface area contributed by atoms with E-state index >= 15 is 0 Å². The van der Waals surface area contributed by atoms with E-state index < -0.39 is 0 Å². The van der Waals surface area contributed by atoms with Gasteiger partial charge < -0.3 is 10.5 Å². The molecule has 1 fully saturated rings. The van der Waals surface area contributed by atoms with Gasteiger partial charge in [-0.15, -0.1) is 12.4 Å². The van der Waals surface area contributed by atoms with Crippen molar-refractivity contribution in [2.24, 2.45) is 5.73 Å². The van der Waals surface area contributed by atoms with Gasteiger partial charge in [0, 0.05) is 4.47 Å². The molecule has 90 valence electrons. The molecule has 1 aliphatic rings. The lowest BCUT2D eigenvalue weighted by Crippen LogP contribution is -2.29. The Morgan fingerprint density at radius 1 is 1.31 bits per heavy atom. The fourth-order valence-corrected chi connectivity index (χ4v) is 1.89. The highest BCUT2D eigenvalue weighted by atomic mass is 79.9. The molecule has 2 rings (SSSR count). The molecule has 4 heteroatoms. The molecule has 1 aromatic rings. The second-order valence-electron chi connectivity index (χ2n) is 4.52. The van der Waals surface area contributed by atoms with Crippen molar-refractivity contribution in [3.63, 3.8) is 0 Å². The van der Waals surface area contributed by atoms with E-state index in [0.29, 0.717) is 6.61 Å². The monoisotopic (exact) mass is 305 g/mol. The van der Waals surface area contributed by atoms with Crippen molar-refractivity contribution in [2.45, 2.75) is 32.2 Å². The molecule has 1 aliphatic carbocycles. The summed E-state index contributed by atoms with van der Waals surface area (Å²) in [5.41, 5.74) is 8.27. The van der Waals surface area contributed by atoms with Gasteiger partial charge in [-0.25, -0.2) is 0 Å². The average Bonchev–Trinajstić information content (AvgIpc) is 2.89. The highest BCUT2D eigenvalue weighted by molar-refractivity contribution is 9.10. The summed E-state index contributed by atoms with van der Waals surface area (Å²) in [5.74, 6) is 0.951. The minimum absolute atomic E-state index is 0. The van der Waals surface area contributed by atoms with Crippen molar-refractivity contribution in [1.82, 2.24) is 0 Å². The van der Waals surface area contributed by atoms with Gasteiger partial charge in [0.25, 0.3) is 0 Å². The number of halogens is 2. The second-order valence-corrected chi connectivity index (χ2v) is 5.37. The number of hydrogen-bond acceptors (Lipinski definition) is 2. The molecule has 0 aromatic heterocycles. The molecule has 0 amide bonds. The van der Waals surface area contributed by atoms with E-state index in [-0.39, 0.29) is 17.9 Å². The number of nitrogens with two attached hydrogens (primary N) is 1. The van der Waals surface area contributed by atoms with E-state index in [2.05, 4.69) is 41.9 Å². The van der Waals surface area contributed by atoms with Gasteiger partial charge >= 0.3 is 0 Å². The van der Waals surface area contributed by atoms with Crippen molar-refractivity contribution in [3.8, 4) is 5.75 Å². The molecular weight excluding hydrogens is 289 g/mol. The zero-order valence-corrected chi connectivity index (χ0v) is 12.0. The second kappa shape index (κ2) is 4.94. The molecule has 16 heavy (non-hydrogen) atoms. The largest absolute Gasteiger partial charge is 0.491 e. The fraction of sp³-hybridized carbons (Fsp3) is 0.500. The number of ether oxygens (including phenoxy) is 1. The van der Waals surface area contributed by atoms with Crippen molar-refractivity contribution in [2.75, 3.05) is 6.61 Å². The van der Waals surface area contributed by atoms with E-state index in [4.69, 9.17) is 10.5 Å². The van der Waals surface area contributed by atoms with Gasteiger partial charge in [-0.2, -0.15) is 0 Å². The molecule has 0 atom stereocenters. The topological polar surface area (TPSA) is 35.2 Å².